The van der Waals surface area contributed by atoms with E-state index < -0.39 is 4.92 Å². The van der Waals surface area contributed by atoms with Crippen LogP contribution in [0.5, 0.6) is 0 Å². The Kier molecular flexibility index (Phi) is 4.93. The molecule has 4 nitrogen and oxygen atoms in total. The van der Waals surface area contributed by atoms with E-state index in [4.69, 9.17) is 11.5 Å². The molecule has 0 amide bonds. The van der Waals surface area contributed by atoms with E-state index in [0.29, 0.717) is 5.56 Å². The summed E-state index contributed by atoms with van der Waals surface area (Å²) in [6.45, 7) is 0. The van der Waals surface area contributed by atoms with Gasteiger partial charge in [-0.2, -0.15) is 0 Å². The summed E-state index contributed by atoms with van der Waals surface area (Å²) in [5.74, 6) is 2.37. The molecule has 0 atom stereocenters. The highest BCUT2D eigenvalue weighted by molar-refractivity contribution is 5.39. The molecular formula is C9H9NO3. The number of benzene rings is 1. The Morgan fingerprint density at radius 3 is 2.15 bits per heavy atom. The van der Waals surface area contributed by atoms with Gasteiger partial charge in [-0.25, -0.2) is 0 Å². The summed E-state index contributed by atoms with van der Waals surface area (Å²) in [5, 5.41) is 17.2. The molecule has 0 aromatic heterocycles. The van der Waals surface area contributed by atoms with Crippen LogP contribution < -0.4 is 0 Å². The average molecular weight is 179 g/mol. The smallest absolute Gasteiger partial charge is 0.269 e. The molecule has 1 aromatic rings. The minimum atomic E-state index is -0.458. The van der Waals surface area contributed by atoms with Gasteiger partial charge in [0.05, 0.1) is 4.92 Å². The summed E-state index contributed by atoms with van der Waals surface area (Å²) in [7, 11) is 1.00. The topological polar surface area (TPSA) is 63.4 Å². The molecule has 4 heteroatoms. The van der Waals surface area contributed by atoms with Gasteiger partial charge >= 0.3 is 0 Å². The average Bonchev–Trinajstić information content (AvgIpc) is 2.21. The number of nitro groups is 1. The quantitative estimate of drug-likeness (QED) is 0.400. The highest BCUT2D eigenvalue weighted by Gasteiger charge is 2.01. The largest absolute Gasteiger partial charge is 0.400 e. The first-order chi connectivity index (χ1) is 6.24. The highest BCUT2D eigenvalue weighted by Crippen LogP contribution is 2.10. The van der Waals surface area contributed by atoms with Crippen LogP contribution in [-0.2, 0) is 0 Å². The Morgan fingerprint density at radius 1 is 1.38 bits per heavy atom. The molecule has 0 fully saturated rings. The summed E-state index contributed by atoms with van der Waals surface area (Å²) in [6.07, 6.45) is 5.06. The molecule has 0 aliphatic carbocycles. The lowest BCUT2D eigenvalue weighted by Crippen LogP contribution is -1.86. The van der Waals surface area contributed by atoms with Crippen LogP contribution in [-0.4, -0.2) is 17.1 Å². The van der Waals surface area contributed by atoms with Gasteiger partial charge in [-0.3, -0.25) is 10.1 Å². The lowest BCUT2D eigenvalue weighted by atomic mass is 10.2. The Hall–Kier alpha value is -1.86. The van der Waals surface area contributed by atoms with Crippen molar-refractivity contribution in [2.24, 2.45) is 0 Å². The molecule has 68 valence electrons. The Balaban J connectivity index is 0.000000671. The zero-order valence-corrected chi connectivity index (χ0v) is 7.10. The second kappa shape index (κ2) is 5.75. The molecule has 1 rings (SSSR count). The van der Waals surface area contributed by atoms with E-state index in [2.05, 4.69) is 5.92 Å². The van der Waals surface area contributed by atoms with Crippen LogP contribution in [0, 0.1) is 22.5 Å². The molecular weight excluding hydrogens is 170 g/mol. The number of hydrogen-bond donors (Lipinski definition) is 1. The third-order valence-corrected chi connectivity index (χ3v) is 1.24. The summed E-state index contributed by atoms with van der Waals surface area (Å²) in [6, 6.07) is 5.85. The maximum atomic E-state index is 10.2. The molecule has 0 unspecified atom stereocenters. The van der Waals surface area contributed by atoms with E-state index in [1.54, 1.807) is 0 Å². The lowest BCUT2D eigenvalue weighted by Gasteiger charge is -1.89. The molecule has 0 aliphatic rings. The third-order valence-electron chi connectivity index (χ3n) is 1.24. The summed E-state index contributed by atoms with van der Waals surface area (Å²) in [4.78, 5) is 9.70. The van der Waals surface area contributed by atoms with Crippen molar-refractivity contribution >= 4 is 5.69 Å². The standard InChI is InChI=1S/C8H5NO2.CH4O/c1-2-7-3-5-8(6-4-7)9(10)11;1-2/h1,3-6H;2H,1H3. The first kappa shape index (κ1) is 11.1. The van der Waals surface area contributed by atoms with E-state index >= 15 is 0 Å². The van der Waals surface area contributed by atoms with E-state index in [9.17, 15) is 10.1 Å². The fourth-order valence-electron chi connectivity index (χ4n) is 0.679. The maximum absolute atomic E-state index is 10.2. The minimum absolute atomic E-state index is 0.0593. The summed E-state index contributed by atoms with van der Waals surface area (Å²) < 4.78 is 0. The zero-order chi connectivity index (χ0) is 10.3. The van der Waals surface area contributed by atoms with Crippen molar-refractivity contribution in [2.45, 2.75) is 0 Å². The van der Waals surface area contributed by atoms with Crippen molar-refractivity contribution in [3.63, 3.8) is 0 Å². The fourth-order valence-corrected chi connectivity index (χ4v) is 0.679. The zero-order valence-electron chi connectivity index (χ0n) is 7.10. The van der Waals surface area contributed by atoms with Crippen LogP contribution in [0.1, 0.15) is 5.56 Å². The normalized spacial score (nSPS) is 7.77. The van der Waals surface area contributed by atoms with Gasteiger partial charge in [0.1, 0.15) is 0 Å². The van der Waals surface area contributed by atoms with Gasteiger partial charge in [-0.05, 0) is 12.1 Å². The van der Waals surface area contributed by atoms with Crippen LogP contribution in [0.15, 0.2) is 24.3 Å². The van der Waals surface area contributed by atoms with Crippen LogP contribution in [0.25, 0.3) is 0 Å². The molecule has 0 spiro atoms. The number of non-ortho nitro benzene ring substituents is 1. The van der Waals surface area contributed by atoms with Gasteiger partial charge in [0, 0.05) is 24.8 Å². The van der Waals surface area contributed by atoms with Gasteiger partial charge in [0.2, 0.25) is 0 Å². The predicted molar refractivity (Wildman–Crippen MR) is 49.2 cm³/mol. The number of aliphatic hydroxyl groups excluding tert-OH is 1. The monoisotopic (exact) mass is 179 g/mol. The summed E-state index contributed by atoms with van der Waals surface area (Å²) in [5.41, 5.74) is 0.708. The van der Waals surface area contributed by atoms with Crippen LogP contribution in [0.4, 0.5) is 5.69 Å². The Morgan fingerprint density at radius 2 is 1.85 bits per heavy atom. The van der Waals surface area contributed by atoms with Crippen molar-refractivity contribution in [2.75, 3.05) is 7.11 Å². The molecule has 0 saturated heterocycles. The molecule has 0 radical (unpaired) electrons. The lowest BCUT2D eigenvalue weighted by molar-refractivity contribution is -0.384. The maximum Gasteiger partial charge on any atom is 0.269 e. The Labute approximate surface area is 76.0 Å². The van der Waals surface area contributed by atoms with Gasteiger partial charge in [-0.1, -0.05) is 5.92 Å². The second-order valence-electron chi connectivity index (χ2n) is 1.95. The van der Waals surface area contributed by atoms with Gasteiger partial charge in [-0.15, -0.1) is 6.42 Å². The number of nitrogens with zero attached hydrogens (tertiary/aromatic N) is 1. The number of hydrogen-bond acceptors (Lipinski definition) is 3. The van der Waals surface area contributed by atoms with E-state index in [1.807, 2.05) is 0 Å². The van der Waals surface area contributed by atoms with Crippen LogP contribution in [0.3, 0.4) is 0 Å². The van der Waals surface area contributed by atoms with Crippen molar-refractivity contribution in [1.29, 1.82) is 0 Å². The minimum Gasteiger partial charge on any atom is -0.400 e. The number of terminal acetylenes is 1. The first-order valence-electron chi connectivity index (χ1n) is 3.40. The van der Waals surface area contributed by atoms with Crippen LogP contribution in [0.2, 0.25) is 0 Å². The molecule has 0 bridgehead atoms. The van der Waals surface area contributed by atoms with Gasteiger partial charge in [0.15, 0.2) is 0 Å². The van der Waals surface area contributed by atoms with E-state index in [-0.39, 0.29) is 5.69 Å². The van der Waals surface area contributed by atoms with E-state index in [0.717, 1.165) is 7.11 Å². The van der Waals surface area contributed by atoms with E-state index in [1.165, 1.54) is 24.3 Å². The van der Waals surface area contributed by atoms with Crippen molar-refractivity contribution in [3.8, 4) is 12.3 Å². The SMILES string of the molecule is C#Cc1ccc([N+](=O)[O-])cc1.CO. The molecule has 1 aromatic carbocycles. The molecule has 0 heterocycles. The first-order valence-corrected chi connectivity index (χ1v) is 3.40. The van der Waals surface area contributed by atoms with Crippen molar-refractivity contribution in [3.05, 3.63) is 39.9 Å². The summed E-state index contributed by atoms with van der Waals surface area (Å²) >= 11 is 0. The van der Waals surface area contributed by atoms with Gasteiger partial charge in [0.25, 0.3) is 5.69 Å². The molecule has 13 heavy (non-hydrogen) atoms. The predicted octanol–water partition coefficient (Wildman–Crippen LogP) is 1.18. The number of aliphatic hydroxyl groups is 1. The Bertz CT molecular complexity index is 311. The fraction of sp³-hybridized carbons (Fsp3) is 0.111. The number of rotatable bonds is 1. The number of nitro benzene ring substituents is 1. The molecule has 0 saturated carbocycles. The van der Waals surface area contributed by atoms with Crippen molar-refractivity contribution in [1.82, 2.24) is 0 Å². The highest BCUT2D eigenvalue weighted by atomic mass is 16.6. The van der Waals surface area contributed by atoms with Crippen molar-refractivity contribution < 1.29 is 10.0 Å². The van der Waals surface area contributed by atoms with Gasteiger partial charge < -0.3 is 5.11 Å². The molecule has 0 aliphatic heterocycles. The van der Waals surface area contributed by atoms with Crippen LogP contribution >= 0.6 is 0 Å². The second-order valence-corrected chi connectivity index (χ2v) is 1.95. The third kappa shape index (κ3) is 3.36. The molecule has 1 N–H and O–H groups in total.